The first kappa shape index (κ1) is 17.0. The highest BCUT2D eigenvalue weighted by atomic mass is 16.5. The average Bonchev–Trinajstić information content (AvgIpc) is 3.11. The van der Waals surface area contributed by atoms with Crippen LogP contribution in [-0.2, 0) is 16.1 Å². The number of fused-ring (bicyclic) bond motifs is 1. The number of aryl methyl sites for hydroxylation is 1. The number of piperidine rings is 1. The molecule has 0 radical (unpaired) electrons. The van der Waals surface area contributed by atoms with E-state index in [1.807, 2.05) is 12.1 Å². The Balaban J connectivity index is 1.32. The van der Waals surface area contributed by atoms with Gasteiger partial charge in [0.15, 0.2) is 0 Å². The van der Waals surface area contributed by atoms with Gasteiger partial charge in [-0.3, -0.25) is 9.78 Å². The van der Waals surface area contributed by atoms with E-state index in [2.05, 4.69) is 46.4 Å². The number of pyridine rings is 1. The summed E-state index contributed by atoms with van der Waals surface area (Å²) in [5.41, 5.74) is 3.51. The van der Waals surface area contributed by atoms with Crippen LogP contribution in [0.5, 0.6) is 0 Å². The SMILES string of the molecule is Cc1ccc(N2CC[C@H]3C[C@@H](C(=O)NCc4cccnc4)O[C@H]3C2)cc1. The molecule has 0 bridgehead atoms. The van der Waals surface area contributed by atoms with Crippen LogP contribution in [0.25, 0.3) is 0 Å². The van der Waals surface area contributed by atoms with Crippen molar-refractivity contribution in [2.45, 2.75) is 38.5 Å². The van der Waals surface area contributed by atoms with E-state index in [4.69, 9.17) is 4.74 Å². The molecule has 2 aliphatic rings. The van der Waals surface area contributed by atoms with Crippen LogP contribution in [0, 0.1) is 12.8 Å². The molecular weight excluding hydrogens is 326 g/mol. The minimum absolute atomic E-state index is 0.00913. The number of hydrogen-bond acceptors (Lipinski definition) is 4. The van der Waals surface area contributed by atoms with Crippen LogP contribution >= 0.6 is 0 Å². The minimum atomic E-state index is -0.334. The fourth-order valence-electron chi connectivity index (χ4n) is 3.90. The van der Waals surface area contributed by atoms with Crippen molar-refractivity contribution in [1.82, 2.24) is 10.3 Å². The molecule has 0 unspecified atom stereocenters. The van der Waals surface area contributed by atoms with Crippen LogP contribution in [0.4, 0.5) is 5.69 Å². The number of hydrogen-bond donors (Lipinski definition) is 1. The molecular formula is C21H25N3O2. The Morgan fingerprint density at radius 2 is 2.15 bits per heavy atom. The summed E-state index contributed by atoms with van der Waals surface area (Å²) in [6.07, 6.45) is 5.21. The molecule has 0 saturated carbocycles. The molecule has 2 aliphatic heterocycles. The molecule has 1 aromatic heterocycles. The van der Waals surface area contributed by atoms with Crippen molar-refractivity contribution in [3.05, 3.63) is 59.9 Å². The molecule has 1 amide bonds. The summed E-state index contributed by atoms with van der Waals surface area (Å²) in [4.78, 5) is 18.9. The third-order valence-corrected chi connectivity index (χ3v) is 5.43. The molecule has 5 nitrogen and oxygen atoms in total. The Labute approximate surface area is 154 Å². The largest absolute Gasteiger partial charge is 0.369 e. The molecule has 3 heterocycles. The first-order valence-corrected chi connectivity index (χ1v) is 9.33. The topological polar surface area (TPSA) is 54.5 Å². The fourth-order valence-corrected chi connectivity index (χ4v) is 3.90. The standard InChI is InChI=1S/C21H25N3O2/c1-15-4-6-18(7-5-15)24-10-8-17-11-19(26-20(17)14-24)21(25)23-13-16-3-2-9-22-12-16/h2-7,9,12,17,19-20H,8,10-11,13-14H2,1H3,(H,23,25)/t17-,19-,20-/m0/s1. The average molecular weight is 351 g/mol. The molecule has 5 heteroatoms. The van der Waals surface area contributed by atoms with Crippen LogP contribution in [0.15, 0.2) is 48.8 Å². The first-order valence-electron chi connectivity index (χ1n) is 9.33. The van der Waals surface area contributed by atoms with Gasteiger partial charge >= 0.3 is 0 Å². The predicted octanol–water partition coefficient (Wildman–Crippen LogP) is 2.69. The summed E-state index contributed by atoms with van der Waals surface area (Å²) >= 11 is 0. The molecule has 4 rings (SSSR count). The monoisotopic (exact) mass is 351 g/mol. The Morgan fingerprint density at radius 1 is 1.31 bits per heavy atom. The van der Waals surface area contributed by atoms with Gasteiger partial charge in [-0.2, -0.15) is 0 Å². The van der Waals surface area contributed by atoms with E-state index in [0.29, 0.717) is 12.5 Å². The Morgan fingerprint density at radius 3 is 2.92 bits per heavy atom. The van der Waals surface area contributed by atoms with Gasteiger partial charge in [0, 0.05) is 37.7 Å². The van der Waals surface area contributed by atoms with Crippen molar-refractivity contribution in [2.24, 2.45) is 5.92 Å². The second-order valence-corrected chi connectivity index (χ2v) is 7.31. The number of carbonyl (C=O) groups is 1. The summed E-state index contributed by atoms with van der Waals surface area (Å²) in [6, 6.07) is 12.5. The summed E-state index contributed by atoms with van der Waals surface area (Å²) in [7, 11) is 0. The molecule has 2 aromatic rings. The van der Waals surface area contributed by atoms with Gasteiger partial charge in [0.25, 0.3) is 0 Å². The van der Waals surface area contributed by atoms with E-state index in [1.54, 1.807) is 12.4 Å². The van der Waals surface area contributed by atoms with Crippen molar-refractivity contribution in [2.75, 3.05) is 18.0 Å². The first-order chi connectivity index (χ1) is 12.7. The van der Waals surface area contributed by atoms with Gasteiger partial charge in [-0.05, 0) is 49.4 Å². The summed E-state index contributed by atoms with van der Waals surface area (Å²) in [5, 5.41) is 2.98. The lowest BCUT2D eigenvalue weighted by Gasteiger charge is -2.35. The summed E-state index contributed by atoms with van der Waals surface area (Å²) < 4.78 is 6.12. The molecule has 2 fully saturated rings. The Bertz CT molecular complexity index is 748. The van der Waals surface area contributed by atoms with E-state index in [9.17, 15) is 4.79 Å². The minimum Gasteiger partial charge on any atom is -0.369 e. The molecule has 1 N–H and O–H groups in total. The molecule has 0 spiro atoms. The number of rotatable bonds is 4. The maximum absolute atomic E-state index is 12.5. The normalized spacial score (nSPS) is 25.0. The predicted molar refractivity (Wildman–Crippen MR) is 101 cm³/mol. The zero-order valence-corrected chi connectivity index (χ0v) is 15.1. The van der Waals surface area contributed by atoms with Crippen LogP contribution in [-0.4, -0.2) is 36.2 Å². The molecule has 1 aromatic carbocycles. The lowest BCUT2D eigenvalue weighted by molar-refractivity contribution is -0.132. The summed E-state index contributed by atoms with van der Waals surface area (Å²) in [5.74, 6) is 0.468. The number of nitrogens with one attached hydrogen (secondary N) is 1. The highest BCUT2D eigenvalue weighted by Gasteiger charge is 2.41. The maximum Gasteiger partial charge on any atom is 0.249 e. The lowest BCUT2D eigenvalue weighted by Crippen LogP contribution is -2.42. The number of benzene rings is 1. The van der Waals surface area contributed by atoms with Crippen molar-refractivity contribution in [3.8, 4) is 0 Å². The number of anilines is 1. The quantitative estimate of drug-likeness (QED) is 0.920. The number of nitrogens with zero attached hydrogens (tertiary/aromatic N) is 2. The summed E-state index contributed by atoms with van der Waals surface area (Å²) in [6.45, 7) is 4.49. The van der Waals surface area contributed by atoms with Gasteiger partial charge in [0.05, 0.1) is 6.10 Å². The van der Waals surface area contributed by atoms with E-state index in [1.165, 1.54) is 11.3 Å². The third kappa shape index (κ3) is 3.73. The van der Waals surface area contributed by atoms with E-state index < -0.39 is 0 Å². The second kappa shape index (κ2) is 7.46. The number of aromatic nitrogens is 1. The van der Waals surface area contributed by atoms with Gasteiger partial charge in [-0.25, -0.2) is 0 Å². The molecule has 136 valence electrons. The molecule has 3 atom stereocenters. The van der Waals surface area contributed by atoms with E-state index in [0.717, 1.165) is 31.5 Å². The Kier molecular flexibility index (Phi) is 4.89. The van der Waals surface area contributed by atoms with E-state index in [-0.39, 0.29) is 18.1 Å². The number of ether oxygens (including phenoxy) is 1. The third-order valence-electron chi connectivity index (χ3n) is 5.43. The van der Waals surface area contributed by atoms with Crippen LogP contribution in [0.2, 0.25) is 0 Å². The number of carbonyl (C=O) groups excluding carboxylic acids is 1. The lowest BCUT2D eigenvalue weighted by atomic mass is 9.91. The fraction of sp³-hybridized carbons (Fsp3) is 0.429. The van der Waals surface area contributed by atoms with Crippen molar-refractivity contribution in [3.63, 3.8) is 0 Å². The highest BCUT2D eigenvalue weighted by molar-refractivity contribution is 5.81. The van der Waals surface area contributed by atoms with Crippen LogP contribution in [0.1, 0.15) is 24.0 Å². The zero-order valence-electron chi connectivity index (χ0n) is 15.1. The Hall–Kier alpha value is -2.40. The highest BCUT2D eigenvalue weighted by Crippen LogP contribution is 2.35. The zero-order chi connectivity index (χ0) is 17.9. The van der Waals surface area contributed by atoms with E-state index >= 15 is 0 Å². The van der Waals surface area contributed by atoms with Gasteiger partial charge in [0.1, 0.15) is 6.10 Å². The molecule has 2 saturated heterocycles. The molecule has 0 aliphatic carbocycles. The van der Waals surface area contributed by atoms with Crippen molar-refractivity contribution in [1.29, 1.82) is 0 Å². The smallest absolute Gasteiger partial charge is 0.249 e. The van der Waals surface area contributed by atoms with Gasteiger partial charge in [0.2, 0.25) is 5.91 Å². The van der Waals surface area contributed by atoms with Gasteiger partial charge < -0.3 is 15.0 Å². The maximum atomic E-state index is 12.5. The van der Waals surface area contributed by atoms with Crippen molar-refractivity contribution >= 4 is 11.6 Å². The molecule has 26 heavy (non-hydrogen) atoms. The van der Waals surface area contributed by atoms with Crippen LogP contribution in [0.3, 0.4) is 0 Å². The second-order valence-electron chi connectivity index (χ2n) is 7.31. The van der Waals surface area contributed by atoms with Gasteiger partial charge in [-0.1, -0.05) is 23.8 Å². The van der Waals surface area contributed by atoms with Crippen LogP contribution < -0.4 is 10.2 Å². The van der Waals surface area contributed by atoms with Crippen molar-refractivity contribution < 1.29 is 9.53 Å². The van der Waals surface area contributed by atoms with Gasteiger partial charge in [-0.15, -0.1) is 0 Å². The number of amides is 1.